The number of Topliss-reactive ketones (excluding diaryl/α,β-unsaturated/α-hetero) is 1. The van der Waals surface area contributed by atoms with Gasteiger partial charge in [0.15, 0.2) is 23.9 Å². The summed E-state index contributed by atoms with van der Waals surface area (Å²) in [6.45, 7) is 5.55. The smallest absolute Gasteiger partial charge is 0.344 e. The number of ketones is 1. The van der Waals surface area contributed by atoms with Crippen LogP contribution in [0.2, 0.25) is 5.02 Å². The van der Waals surface area contributed by atoms with E-state index in [2.05, 4.69) is 5.32 Å². The van der Waals surface area contributed by atoms with Gasteiger partial charge in [0.25, 0.3) is 0 Å². The summed E-state index contributed by atoms with van der Waals surface area (Å²) in [4.78, 5) is 37.5. The van der Waals surface area contributed by atoms with Crippen molar-refractivity contribution in [1.29, 1.82) is 0 Å². The lowest BCUT2D eigenvalue weighted by atomic mass is 9.75. The Morgan fingerprint density at radius 2 is 1.85 bits per heavy atom. The van der Waals surface area contributed by atoms with Crippen LogP contribution in [0.3, 0.4) is 0 Å². The molecule has 1 aromatic carbocycles. The molecule has 3 rings (SSSR count). The number of rotatable bonds is 8. The van der Waals surface area contributed by atoms with Crippen LogP contribution < -0.4 is 14.8 Å². The number of esters is 2. The lowest BCUT2D eigenvalue weighted by molar-refractivity contribution is -0.145. The largest absolute Gasteiger partial charge is 0.490 e. The zero-order valence-electron chi connectivity index (χ0n) is 19.2. The maximum Gasteiger partial charge on any atom is 0.344 e. The molecule has 33 heavy (non-hydrogen) atoms. The predicted octanol–water partition coefficient (Wildman–Crippen LogP) is 3.82. The van der Waals surface area contributed by atoms with Gasteiger partial charge in [-0.05, 0) is 45.2 Å². The van der Waals surface area contributed by atoms with Gasteiger partial charge >= 0.3 is 11.9 Å². The van der Waals surface area contributed by atoms with Gasteiger partial charge in [-0.3, -0.25) is 4.79 Å². The van der Waals surface area contributed by atoms with Crippen molar-refractivity contribution in [2.75, 3.05) is 26.9 Å². The number of benzene rings is 1. The van der Waals surface area contributed by atoms with Gasteiger partial charge in [0.05, 0.1) is 25.9 Å². The SMILES string of the molecule is CCOC(=O)COc1cc(Cl)c([C@@H]2C(C(=O)OC)=C(C)NC3=C2C(=O)CCC3)cc1OCC. The number of nitrogens with one attached hydrogen (secondary N) is 1. The first-order valence-corrected chi connectivity index (χ1v) is 11.3. The lowest BCUT2D eigenvalue weighted by Crippen LogP contribution is -2.34. The third-order valence-electron chi connectivity index (χ3n) is 5.51. The topological polar surface area (TPSA) is 100 Å². The van der Waals surface area contributed by atoms with Gasteiger partial charge in [-0.25, -0.2) is 9.59 Å². The van der Waals surface area contributed by atoms with Crippen LogP contribution in [-0.2, 0) is 23.9 Å². The average molecular weight is 478 g/mol. The molecular weight excluding hydrogens is 450 g/mol. The summed E-state index contributed by atoms with van der Waals surface area (Å²) >= 11 is 6.67. The highest BCUT2D eigenvalue weighted by molar-refractivity contribution is 6.32. The van der Waals surface area contributed by atoms with Crippen LogP contribution in [0.4, 0.5) is 0 Å². The first-order chi connectivity index (χ1) is 15.8. The fourth-order valence-electron chi connectivity index (χ4n) is 4.17. The highest BCUT2D eigenvalue weighted by atomic mass is 35.5. The molecule has 1 heterocycles. The number of carbonyl (C=O) groups excluding carboxylic acids is 3. The summed E-state index contributed by atoms with van der Waals surface area (Å²) in [5.41, 5.74) is 2.75. The molecule has 0 radical (unpaired) electrons. The third kappa shape index (κ3) is 5.16. The molecule has 1 N–H and O–H groups in total. The van der Waals surface area contributed by atoms with Gasteiger partial charge in [-0.15, -0.1) is 0 Å². The number of carbonyl (C=O) groups is 3. The third-order valence-corrected chi connectivity index (χ3v) is 5.83. The molecule has 1 aliphatic heterocycles. The van der Waals surface area contributed by atoms with Gasteiger partial charge in [0.2, 0.25) is 0 Å². The average Bonchev–Trinajstić information content (AvgIpc) is 2.78. The minimum Gasteiger partial charge on any atom is -0.490 e. The maximum absolute atomic E-state index is 13.0. The molecule has 0 saturated carbocycles. The van der Waals surface area contributed by atoms with Gasteiger partial charge in [-0.1, -0.05) is 11.6 Å². The molecule has 1 atom stereocenters. The van der Waals surface area contributed by atoms with E-state index in [0.717, 1.165) is 12.1 Å². The van der Waals surface area contributed by atoms with Crippen molar-refractivity contribution in [1.82, 2.24) is 5.32 Å². The Labute approximate surface area is 197 Å². The van der Waals surface area contributed by atoms with E-state index in [1.54, 1.807) is 19.9 Å². The second-order valence-corrected chi connectivity index (χ2v) is 8.01. The summed E-state index contributed by atoms with van der Waals surface area (Å²) in [6.07, 6.45) is 1.82. The summed E-state index contributed by atoms with van der Waals surface area (Å²) in [5, 5.41) is 3.48. The van der Waals surface area contributed by atoms with Crippen molar-refractivity contribution < 1.29 is 33.3 Å². The fraction of sp³-hybridized carbons (Fsp3) is 0.458. The van der Waals surface area contributed by atoms with Crippen molar-refractivity contribution in [3.63, 3.8) is 0 Å². The number of methoxy groups -OCH3 is 1. The number of allylic oxidation sites excluding steroid dienone is 3. The minimum atomic E-state index is -0.715. The fourth-order valence-corrected chi connectivity index (χ4v) is 4.43. The predicted molar refractivity (Wildman–Crippen MR) is 121 cm³/mol. The summed E-state index contributed by atoms with van der Waals surface area (Å²) in [6, 6.07) is 3.19. The molecule has 2 aliphatic rings. The Morgan fingerprint density at radius 3 is 2.52 bits per heavy atom. The van der Waals surface area contributed by atoms with Crippen LogP contribution in [0.1, 0.15) is 51.5 Å². The van der Waals surface area contributed by atoms with E-state index in [0.29, 0.717) is 47.6 Å². The quantitative estimate of drug-likeness (QED) is 0.564. The van der Waals surface area contributed by atoms with E-state index in [9.17, 15) is 14.4 Å². The number of hydrogen-bond donors (Lipinski definition) is 1. The molecule has 0 saturated heterocycles. The van der Waals surface area contributed by atoms with E-state index < -0.39 is 17.9 Å². The van der Waals surface area contributed by atoms with E-state index >= 15 is 0 Å². The van der Waals surface area contributed by atoms with Crippen LogP contribution in [0.5, 0.6) is 11.5 Å². The molecule has 8 nitrogen and oxygen atoms in total. The highest BCUT2D eigenvalue weighted by Crippen LogP contribution is 2.47. The Hall–Kier alpha value is -3.00. The standard InChI is InChI=1S/C24H28ClNO7/c1-5-31-18-10-14(15(25)11-19(18)33-12-20(28)32-6-2)22-21(24(29)30-4)13(3)26-16-8-7-9-17(27)23(16)22/h10-11,22,26H,5-9,12H2,1-4H3/t22-/m1/s1. The van der Waals surface area contributed by atoms with Gasteiger partial charge in [-0.2, -0.15) is 0 Å². The van der Waals surface area contributed by atoms with Crippen molar-refractivity contribution >= 4 is 29.3 Å². The first kappa shape index (κ1) is 24.6. The van der Waals surface area contributed by atoms with Crippen LogP contribution in [0, 0.1) is 0 Å². The first-order valence-electron chi connectivity index (χ1n) is 10.9. The molecule has 0 spiro atoms. The molecule has 0 amide bonds. The Kier molecular flexibility index (Phi) is 8.02. The summed E-state index contributed by atoms with van der Waals surface area (Å²) in [7, 11) is 1.30. The lowest BCUT2D eigenvalue weighted by Gasteiger charge is -2.34. The zero-order chi connectivity index (χ0) is 24.1. The van der Waals surface area contributed by atoms with Crippen molar-refractivity contribution in [2.45, 2.75) is 46.0 Å². The minimum absolute atomic E-state index is 0.0423. The normalized spacial score (nSPS) is 17.8. The van der Waals surface area contributed by atoms with Gasteiger partial charge < -0.3 is 24.3 Å². The zero-order valence-corrected chi connectivity index (χ0v) is 20.0. The molecule has 0 fully saturated rings. The molecule has 0 unspecified atom stereocenters. The van der Waals surface area contributed by atoms with Gasteiger partial charge in [0, 0.05) is 40.4 Å². The second-order valence-electron chi connectivity index (χ2n) is 7.60. The molecule has 178 valence electrons. The van der Waals surface area contributed by atoms with Crippen LogP contribution in [-0.4, -0.2) is 44.7 Å². The van der Waals surface area contributed by atoms with Crippen LogP contribution >= 0.6 is 11.6 Å². The van der Waals surface area contributed by atoms with Crippen LogP contribution in [0.15, 0.2) is 34.7 Å². The highest BCUT2D eigenvalue weighted by Gasteiger charge is 2.40. The molecule has 0 bridgehead atoms. The molecule has 9 heteroatoms. The maximum atomic E-state index is 13.0. The Bertz CT molecular complexity index is 1030. The number of dihydropyridines is 1. The number of ether oxygens (including phenoxy) is 4. The molecule has 0 aromatic heterocycles. The molecule has 1 aromatic rings. The van der Waals surface area contributed by atoms with Crippen molar-refractivity contribution in [2.24, 2.45) is 0 Å². The monoisotopic (exact) mass is 477 g/mol. The van der Waals surface area contributed by atoms with Crippen molar-refractivity contribution in [3.05, 3.63) is 45.3 Å². The molecule has 1 aliphatic carbocycles. The van der Waals surface area contributed by atoms with E-state index in [4.69, 9.17) is 30.5 Å². The number of halogens is 1. The summed E-state index contributed by atoms with van der Waals surface area (Å²) in [5.74, 6) is -1.23. The second kappa shape index (κ2) is 10.7. The Morgan fingerprint density at radius 1 is 1.12 bits per heavy atom. The van der Waals surface area contributed by atoms with E-state index in [1.165, 1.54) is 13.2 Å². The number of hydrogen-bond acceptors (Lipinski definition) is 8. The van der Waals surface area contributed by atoms with Gasteiger partial charge in [0.1, 0.15) is 0 Å². The van der Waals surface area contributed by atoms with Crippen LogP contribution in [0.25, 0.3) is 0 Å². The summed E-state index contributed by atoms with van der Waals surface area (Å²) < 4.78 is 21.3. The van der Waals surface area contributed by atoms with Crippen molar-refractivity contribution in [3.8, 4) is 11.5 Å². The van der Waals surface area contributed by atoms with E-state index in [-0.39, 0.29) is 29.8 Å². The molecular formula is C24H28ClNO7. The van der Waals surface area contributed by atoms with E-state index in [1.807, 2.05) is 6.92 Å². The Balaban J connectivity index is 2.12.